The number of ether oxygens (including phenoxy) is 8. The Bertz CT molecular complexity index is 4310. The van der Waals surface area contributed by atoms with Gasteiger partial charge in [-0.15, -0.1) is 0 Å². The maximum absolute atomic E-state index is 11.9. The van der Waals surface area contributed by atoms with Crippen molar-refractivity contribution in [3.05, 3.63) is 239 Å². The molecule has 24 nitrogen and oxygen atoms in total. The number of aryl methyl sites for hydroxylation is 8. The minimum absolute atomic E-state index is 0. The van der Waals surface area contributed by atoms with Crippen molar-refractivity contribution in [1.29, 1.82) is 0 Å². The smallest absolute Gasteiger partial charge is 0.317 e. The van der Waals surface area contributed by atoms with Gasteiger partial charge in [-0.2, -0.15) is 0 Å². The first-order valence-corrected chi connectivity index (χ1v) is 62.6. The predicted octanol–water partition coefficient (Wildman–Crippen LogP) is 20.9. The summed E-state index contributed by atoms with van der Waals surface area (Å²) in [5.41, 5.74) is 7.96. The molecule has 680 valence electrons. The maximum atomic E-state index is 11.9. The third kappa shape index (κ3) is 34.8. The second-order valence-corrected chi connectivity index (χ2v) is 61.7. The fourth-order valence-corrected chi connectivity index (χ4v) is 62.3. The molecule has 126 heavy (non-hydrogen) atoms. The van der Waals surface area contributed by atoms with E-state index in [9.17, 15) is 38.4 Å². The summed E-state index contributed by atoms with van der Waals surface area (Å²) in [6.07, 6.45) is 8.17. The molecule has 0 bridgehead atoms. The van der Waals surface area contributed by atoms with E-state index in [1.54, 1.807) is 48.5 Å². The molecule has 0 spiro atoms. The van der Waals surface area contributed by atoms with Crippen LogP contribution in [0.3, 0.4) is 0 Å². The minimum atomic E-state index is -3.09. The topological polar surface area (TPSA) is 284 Å². The Morgan fingerprint density at radius 3 is 0.516 bits per heavy atom. The zero-order chi connectivity index (χ0) is 89.9. The Kier molecular flexibility index (Phi) is 39.5. The molecule has 2 saturated heterocycles. The zero-order valence-corrected chi connectivity index (χ0v) is 82.4. The highest BCUT2D eigenvalue weighted by Gasteiger charge is 2.58. The average Bonchev–Trinajstić information content (AvgIpc) is 0.766. The van der Waals surface area contributed by atoms with Crippen molar-refractivity contribution in [2.24, 2.45) is 0 Å². The van der Waals surface area contributed by atoms with Crippen LogP contribution in [-0.4, -0.2) is 116 Å². The lowest BCUT2D eigenvalue weighted by molar-refractivity contribution is -0.132. The Morgan fingerprint density at radius 1 is 0.206 bits per heavy atom. The van der Waals surface area contributed by atoms with Crippen molar-refractivity contribution in [3.8, 4) is 46.0 Å². The van der Waals surface area contributed by atoms with Crippen molar-refractivity contribution in [3.63, 3.8) is 0 Å². The Labute approximate surface area is 753 Å². The number of rotatable bonds is 36. The van der Waals surface area contributed by atoms with Gasteiger partial charge < -0.3 is 70.8 Å². The van der Waals surface area contributed by atoms with Gasteiger partial charge >= 0.3 is 116 Å². The number of para-hydroxylation sites is 4. The predicted molar refractivity (Wildman–Crippen MR) is 504 cm³/mol. The SMILES string of the molecule is C.C.CC(=O)Oc1ccc(CC[Si]2(C)O[Si](C)(CCc3ccc(OC(C)=O)cc3)O[Si](C)(CCc3ccc(OC(C)=O)cc3)O[Si](C)(CCc3ccc(OC(C)=O)cc3)O2)cc1.CC(=O)Oc1ccccc1CCC[Si]1(C)O[Si](C)(CCCc2ccccc2OC(C)=O)O[Si](C)(CCCc2ccccc2OC(C)=O)O[Si](C)(CCCc2ccccc2OC(C)=O)O1. The first-order chi connectivity index (χ1) is 58.7. The van der Waals surface area contributed by atoms with Gasteiger partial charge in [0, 0.05) is 55.4 Å². The van der Waals surface area contributed by atoms with E-state index in [1.165, 1.54) is 55.4 Å². The van der Waals surface area contributed by atoms with Gasteiger partial charge in [0.25, 0.3) is 0 Å². The Hall–Kier alpha value is -9.06. The summed E-state index contributed by atoms with van der Waals surface area (Å²) in [5.74, 6) is 1.16. The summed E-state index contributed by atoms with van der Waals surface area (Å²) < 4.78 is 103. The van der Waals surface area contributed by atoms with Gasteiger partial charge in [-0.05, 0) is 295 Å². The Balaban J connectivity index is 0.000000341. The molecule has 0 aliphatic carbocycles. The first-order valence-electron chi connectivity index (χ1n) is 42.4. The van der Waals surface area contributed by atoms with E-state index in [4.69, 9.17) is 70.8 Å². The van der Waals surface area contributed by atoms with E-state index in [0.29, 0.717) is 146 Å². The molecule has 0 unspecified atom stereocenters. The van der Waals surface area contributed by atoms with Gasteiger partial charge in [-0.25, -0.2) is 0 Å². The number of hydrogen-bond donors (Lipinski definition) is 0. The van der Waals surface area contributed by atoms with Crippen molar-refractivity contribution in [1.82, 2.24) is 0 Å². The van der Waals surface area contributed by atoms with Gasteiger partial charge in [-0.1, -0.05) is 136 Å². The molecule has 0 radical (unpaired) electrons. The summed E-state index contributed by atoms with van der Waals surface area (Å²) >= 11 is 0. The van der Waals surface area contributed by atoms with Crippen LogP contribution in [0.1, 0.15) is 140 Å². The summed E-state index contributed by atoms with van der Waals surface area (Å²) in [7, 11) is -24.6. The van der Waals surface area contributed by atoms with Gasteiger partial charge in [0.15, 0.2) is 0 Å². The Morgan fingerprint density at radius 2 is 0.357 bits per heavy atom. The molecule has 2 heterocycles. The number of carbonyl (C=O) groups is 8. The third-order valence-electron chi connectivity index (χ3n) is 20.9. The third-order valence-corrected chi connectivity index (χ3v) is 58.2. The van der Waals surface area contributed by atoms with Crippen LogP contribution in [-0.2, 0) is 123 Å². The molecule has 32 heteroatoms. The van der Waals surface area contributed by atoms with E-state index in [-0.39, 0.29) is 62.6 Å². The van der Waals surface area contributed by atoms with Crippen LogP contribution in [0, 0.1) is 0 Å². The quantitative estimate of drug-likeness (QED) is 0.0200. The molecule has 2 aliphatic rings. The second kappa shape index (κ2) is 47.8. The summed E-state index contributed by atoms with van der Waals surface area (Å²) in [6, 6.07) is 65.6. The van der Waals surface area contributed by atoms with Crippen LogP contribution in [0.4, 0.5) is 0 Å². The molecule has 8 aromatic rings. The minimum Gasteiger partial charge on any atom is -0.427 e. The summed E-state index contributed by atoms with van der Waals surface area (Å²) in [6.45, 7) is 28.2. The van der Waals surface area contributed by atoms with Crippen LogP contribution in [0.15, 0.2) is 194 Å². The van der Waals surface area contributed by atoms with Crippen molar-refractivity contribution in [2.45, 2.75) is 248 Å². The number of hydrogen-bond acceptors (Lipinski definition) is 24. The molecule has 0 atom stereocenters. The van der Waals surface area contributed by atoms with Crippen LogP contribution in [0.2, 0.25) is 101 Å². The van der Waals surface area contributed by atoms with Crippen LogP contribution in [0.25, 0.3) is 0 Å². The number of benzene rings is 8. The lowest BCUT2D eigenvalue weighted by atomic mass is 10.1. The van der Waals surface area contributed by atoms with Crippen molar-refractivity contribution < 1.29 is 109 Å². The highest BCUT2D eigenvalue weighted by molar-refractivity contribution is 6.95. The van der Waals surface area contributed by atoms with E-state index in [0.717, 1.165) is 70.2 Å². The largest absolute Gasteiger partial charge is 0.427 e. The molecule has 8 aromatic carbocycles. The van der Waals surface area contributed by atoms with Gasteiger partial charge in [0.1, 0.15) is 46.0 Å². The van der Waals surface area contributed by atoms with Crippen LogP contribution >= 0.6 is 0 Å². The molecule has 0 saturated carbocycles. The fourth-order valence-electron chi connectivity index (χ4n) is 15.9. The van der Waals surface area contributed by atoms with Crippen LogP contribution in [0.5, 0.6) is 46.0 Å². The highest BCUT2D eigenvalue weighted by atomic mass is 28.5. The van der Waals surface area contributed by atoms with Gasteiger partial charge in [-0.3, -0.25) is 38.4 Å². The van der Waals surface area contributed by atoms with E-state index >= 15 is 0 Å². The fraction of sp³-hybridized carbons (Fsp3) is 0.404. The first kappa shape index (κ1) is 104. The highest BCUT2D eigenvalue weighted by Crippen LogP contribution is 2.43. The van der Waals surface area contributed by atoms with Crippen molar-refractivity contribution >= 4 is 116 Å². The molecule has 0 N–H and O–H groups in total. The summed E-state index contributed by atoms with van der Waals surface area (Å²) in [4.78, 5) is 93.9. The average molecular weight is 1870 g/mol. The molecular weight excluding hydrogens is 1740 g/mol. The second-order valence-electron chi connectivity index (χ2n) is 33.1. The normalized spacial score (nSPS) is 22.1. The molecule has 0 amide bonds. The maximum Gasteiger partial charge on any atom is 0.317 e. The number of carbonyl (C=O) groups excluding carboxylic acids is 8. The van der Waals surface area contributed by atoms with Crippen molar-refractivity contribution in [2.75, 3.05) is 0 Å². The molecule has 2 fully saturated rings. The van der Waals surface area contributed by atoms with E-state index < -0.39 is 68.5 Å². The lowest BCUT2D eigenvalue weighted by Gasteiger charge is -2.50. The van der Waals surface area contributed by atoms with E-state index in [2.05, 4.69) is 52.4 Å². The molecular formula is C94H128O24Si8. The van der Waals surface area contributed by atoms with Gasteiger partial charge in [0.05, 0.1) is 0 Å². The van der Waals surface area contributed by atoms with Crippen LogP contribution < -0.4 is 37.9 Å². The standard InChI is InChI=1S/C48H64O12Si4.C44H56O12Si4.2CH4/c1-37(49)53-45-29-13-9-21-41(45)25-17-33-61(5)57-62(6,34-18-26-42-22-10-14-30-46(42)54-38(2)50)59-64(8,36-20-28-44-24-12-16-32-48(44)56-40(4)52)60-63(7,58-61)35-19-27-43-23-11-15-31-47(43)55-39(3)51;1-33(45)49-41-17-9-37(10-18-41)25-29-57(5)53-58(6,30-26-38-11-19-42(20-12-38)50-34(2)46)55-60(8,32-28-40-15-23-44(24-16-40)52-36(4)48)56-59(7,54-57)31-27-39-13-21-43(22-14-39)51-35(3)47;;/h9-16,21-24,29-32H,17-20,25-28,33-36H2,1-8H3;9-24H,25-32H2,1-8H3;2*1H4. The summed E-state index contributed by atoms with van der Waals surface area (Å²) in [5, 5.41) is 0. The van der Waals surface area contributed by atoms with Gasteiger partial charge in [0.2, 0.25) is 0 Å². The lowest BCUT2D eigenvalue weighted by Crippen LogP contribution is -2.67. The van der Waals surface area contributed by atoms with E-state index in [1.807, 2.05) is 146 Å². The zero-order valence-electron chi connectivity index (χ0n) is 74.4. The molecule has 0 aromatic heterocycles. The molecule has 2 aliphatic heterocycles. The number of esters is 8. The monoisotopic (exact) mass is 1860 g/mol. The molecule has 10 rings (SSSR count).